The summed E-state index contributed by atoms with van der Waals surface area (Å²) in [5.74, 6) is 0.215. The molecule has 0 spiro atoms. The maximum Gasteiger partial charge on any atom is 0.0945 e. The molecule has 0 saturated carbocycles. The van der Waals surface area contributed by atoms with Crippen LogP contribution < -0.4 is 0 Å². The lowest BCUT2D eigenvalue weighted by Crippen LogP contribution is -2.34. The van der Waals surface area contributed by atoms with E-state index in [1.54, 1.807) is 0 Å². The van der Waals surface area contributed by atoms with Crippen LogP contribution >= 0.6 is 15.9 Å². The summed E-state index contributed by atoms with van der Waals surface area (Å²) in [6.45, 7) is 3.46. The van der Waals surface area contributed by atoms with Gasteiger partial charge >= 0.3 is 0 Å². The van der Waals surface area contributed by atoms with Crippen molar-refractivity contribution >= 4 is 15.9 Å². The van der Waals surface area contributed by atoms with Crippen molar-refractivity contribution < 1.29 is 9.84 Å². The maximum atomic E-state index is 10.8. The highest BCUT2D eigenvalue weighted by molar-refractivity contribution is 9.10. The third-order valence-corrected chi connectivity index (χ3v) is 3.96. The van der Waals surface area contributed by atoms with Gasteiger partial charge in [0.1, 0.15) is 0 Å². The van der Waals surface area contributed by atoms with E-state index in [1.165, 1.54) is 0 Å². The summed E-state index contributed by atoms with van der Waals surface area (Å²) in [7, 11) is 0. The Hall–Kier alpha value is -0.380. The second kappa shape index (κ2) is 4.86. The van der Waals surface area contributed by atoms with E-state index in [-0.39, 0.29) is 5.92 Å². The Kier molecular flexibility index (Phi) is 3.67. The molecule has 16 heavy (non-hydrogen) atoms. The number of benzene rings is 1. The van der Waals surface area contributed by atoms with Gasteiger partial charge < -0.3 is 9.84 Å². The molecule has 1 aliphatic rings. The first-order chi connectivity index (χ1) is 7.66. The normalized spacial score (nSPS) is 24.3. The van der Waals surface area contributed by atoms with Crippen molar-refractivity contribution in [3.63, 3.8) is 0 Å². The number of halogens is 1. The smallest absolute Gasteiger partial charge is 0.0945 e. The average Bonchev–Trinajstić information content (AvgIpc) is 2.82. The van der Waals surface area contributed by atoms with Gasteiger partial charge in [-0.3, -0.25) is 0 Å². The number of aliphatic hydroxyl groups is 1. The summed E-state index contributed by atoms with van der Waals surface area (Å²) in [5.41, 5.74) is 0.236. The third-order valence-electron chi connectivity index (χ3n) is 3.47. The molecule has 1 saturated heterocycles. The molecule has 1 heterocycles. The minimum atomic E-state index is -0.750. The number of hydrogen-bond acceptors (Lipinski definition) is 2. The van der Waals surface area contributed by atoms with Crippen molar-refractivity contribution in [2.75, 3.05) is 13.2 Å². The summed E-state index contributed by atoms with van der Waals surface area (Å²) in [5, 5.41) is 10.8. The van der Waals surface area contributed by atoms with Crippen LogP contribution in [0, 0.1) is 5.92 Å². The lowest BCUT2D eigenvalue weighted by molar-refractivity contribution is -0.0307. The molecular weight excluding hydrogens is 268 g/mol. The van der Waals surface area contributed by atoms with Crippen LogP contribution in [0.5, 0.6) is 0 Å². The van der Waals surface area contributed by atoms with E-state index in [9.17, 15) is 5.11 Å². The zero-order chi connectivity index (χ0) is 11.6. The van der Waals surface area contributed by atoms with Crippen LogP contribution in [0.1, 0.15) is 25.3 Å². The van der Waals surface area contributed by atoms with Crippen LogP contribution in [-0.4, -0.2) is 18.3 Å². The van der Waals surface area contributed by atoms with Gasteiger partial charge in [-0.2, -0.15) is 0 Å². The standard InChI is InChI=1S/C13H17BrO2/c1-2-13(15,11-6-7-16-9-11)10-4-3-5-12(14)8-10/h3-5,8,11,15H,2,6-7,9H2,1H3. The molecule has 3 heteroatoms. The van der Waals surface area contributed by atoms with E-state index >= 15 is 0 Å². The third kappa shape index (κ3) is 2.17. The Morgan fingerprint density at radius 3 is 2.94 bits per heavy atom. The van der Waals surface area contributed by atoms with Gasteiger partial charge in [0, 0.05) is 17.0 Å². The second-order valence-corrected chi connectivity index (χ2v) is 5.26. The van der Waals surface area contributed by atoms with Gasteiger partial charge in [0.2, 0.25) is 0 Å². The van der Waals surface area contributed by atoms with Gasteiger partial charge in [0.25, 0.3) is 0 Å². The molecule has 2 unspecified atom stereocenters. The summed E-state index contributed by atoms with van der Waals surface area (Å²) in [6, 6.07) is 7.94. The summed E-state index contributed by atoms with van der Waals surface area (Å²) in [6.07, 6.45) is 1.66. The first kappa shape index (κ1) is 12.1. The molecule has 0 bridgehead atoms. The maximum absolute atomic E-state index is 10.8. The molecule has 1 aliphatic heterocycles. The quantitative estimate of drug-likeness (QED) is 0.924. The van der Waals surface area contributed by atoms with Gasteiger partial charge in [-0.25, -0.2) is 0 Å². The van der Waals surface area contributed by atoms with Gasteiger partial charge in [-0.15, -0.1) is 0 Å². The average molecular weight is 285 g/mol. The van der Waals surface area contributed by atoms with Crippen molar-refractivity contribution in [1.29, 1.82) is 0 Å². The Morgan fingerprint density at radius 1 is 1.56 bits per heavy atom. The molecule has 1 aromatic rings. The van der Waals surface area contributed by atoms with Crippen LogP contribution in [0.2, 0.25) is 0 Å². The minimum Gasteiger partial charge on any atom is -0.385 e. The van der Waals surface area contributed by atoms with Crippen LogP contribution in [0.15, 0.2) is 28.7 Å². The van der Waals surface area contributed by atoms with Crippen LogP contribution in [0.4, 0.5) is 0 Å². The zero-order valence-electron chi connectivity index (χ0n) is 9.45. The van der Waals surface area contributed by atoms with Crippen molar-refractivity contribution in [3.05, 3.63) is 34.3 Å². The fourth-order valence-electron chi connectivity index (χ4n) is 2.40. The van der Waals surface area contributed by atoms with Gasteiger partial charge in [-0.05, 0) is 30.5 Å². The minimum absolute atomic E-state index is 0.215. The number of rotatable bonds is 3. The predicted molar refractivity (Wildman–Crippen MR) is 67.3 cm³/mol. The number of ether oxygens (including phenoxy) is 1. The second-order valence-electron chi connectivity index (χ2n) is 4.35. The molecule has 0 aromatic heterocycles. The fraction of sp³-hybridized carbons (Fsp3) is 0.538. The lowest BCUT2D eigenvalue weighted by Gasteiger charge is -2.33. The monoisotopic (exact) mass is 284 g/mol. The molecular formula is C13H17BrO2. The molecule has 1 N–H and O–H groups in total. The van der Waals surface area contributed by atoms with Gasteiger partial charge in [0.15, 0.2) is 0 Å². The van der Waals surface area contributed by atoms with E-state index < -0.39 is 5.60 Å². The number of hydrogen-bond donors (Lipinski definition) is 1. The van der Waals surface area contributed by atoms with E-state index in [0.29, 0.717) is 6.61 Å². The molecule has 1 fully saturated rings. The highest BCUT2D eigenvalue weighted by Gasteiger charge is 2.38. The molecule has 88 valence electrons. The summed E-state index contributed by atoms with van der Waals surface area (Å²) < 4.78 is 6.40. The summed E-state index contributed by atoms with van der Waals surface area (Å²) >= 11 is 3.45. The summed E-state index contributed by atoms with van der Waals surface area (Å²) in [4.78, 5) is 0. The van der Waals surface area contributed by atoms with Crippen molar-refractivity contribution in [3.8, 4) is 0 Å². The van der Waals surface area contributed by atoms with Crippen LogP contribution in [0.25, 0.3) is 0 Å². The predicted octanol–water partition coefficient (Wildman–Crippen LogP) is 3.08. The molecule has 2 rings (SSSR count). The SMILES string of the molecule is CCC(O)(c1cccc(Br)c1)C1CCOC1. The largest absolute Gasteiger partial charge is 0.385 e. The van der Waals surface area contributed by atoms with E-state index in [1.807, 2.05) is 31.2 Å². The Labute approximate surface area is 105 Å². The van der Waals surface area contributed by atoms with Crippen molar-refractivity contribution in [2.24, 2.45) is 5.92 Å². The van der Waals surface area contributed by atoms with Gasteiger partial charge in [0.05, 0.1) is 12.2 Å². The highest BCUT2D eigenvalue weighted by atomic mass is 79.9. The van der Waals surface area contributed by atoms with Crippen LogP contribution in [-0.2, 0) is 10.3 Å². The van der Waals surface area contributed by atoms with E-state index in [0.717, 1.165) is 29.5 Å². The van der Waals surface area contributed by atoms with Crippen molar-refractivity contribution in [1.82, 2.24) is 0 Å². The van der Waals surface area contributed by atoms with Crippen LogP contribution in [0.3, 0.4) is 0 Å². The van der Waals surface area contributed by atoms with Crippen molar-refractivity contribution in [2.45, 2.75) is 25.4 Å². The molecule has 0 radical (unpaired) electrons. The fourth-order valence-corrected chi connectivity index (χ4v) is 2.80. The first-order valence-electron chi connectivity index (χ1n) is 5.73. The first-order valence-corrected chi connectivity index (χ1v) is 6.52. The topological polar surface area (TPSA) is 29.5 Å². The molecule has 0 aliphatic carbocycles. The zero-order valence-corrected chi connectivity index (χ0v) is 11.0. The molecule has 1 aromatic carbocycles. The van der Waals surface area contributed by atoms with Gasteiger partial charge in [-0.1, -0.05) is 35.0 Å². The Bertz CT molecular complexity index is 361. The highest BCUT2D eigenvalue weighted by Crippen LogP contribution is 2.38. The lowest BCUT2D eigenvalue weighted by atomic mass is 9.79. The molecule has 0 amide bonds. The van der Waals surface area contributed by atoms with E-state index in [2.05, 4.69) is 15.9 Å². The molecule has 2 nitrogen and oxygen atoms in total. The Balaban J connectivity index is 2.32. The van der Waals surface area contributed by atoms with E-state index in [4.69, 9.17) is 4.74 Å². The molecule has 2 atom stereocenters. The Morgan fingerprint density at radius 2 is 2.38 bits per heavy atom.